The number of rotatable bonds is 7. The van der Waals surface area contributed by atoms with Gasteiger partial charge in [0.15, 0.2) is 0 Å². The van der Waals surface area contributed by atoms with Crippen molar-refractivity contribution in [2.24, 2.45) is 0 Å². The predicted molar refractivity (Wildman–Crippen MR) is 95.3 cm³/mol. The molecule has 1 aromatic heterocycles. The number of amides is 2. The molecule has 2 aromatic rings. The van der Waals surface area contributed by atoms with Crippen LogP contribution in [0.25, 0.3) is 6.08 Å². The van der Waals surface area contributed by atoms with Crippen LogP contribution >= 0.6 is 0 Å². The average molecular weight is 324 g/mol. The number of nitrogens with zero attached hydrogens (tertiary/aromatic N) is 3. The summed E-state index contributed by atoms with van der Waals surface area (Å²) in [6, 6.07) is 10.5. The largest absolute Gasteiger partial charge is 0.334 e. The molecule has 0 radical (unpaired) electrons. The summed E-state index contributed by atoms with van der Waals surface area (Å²) in [6.45, 7) is 4.04. The Hall–Kier alpha value is -2.56. The molecule has 0 unspecified atom stereocenters. The Morgan fingerprint density at radius 3 is 2.83 bits per heavy atom. The van der Waals surface area contributed by atoms with E-state index < -0.39 is 0 Å². The third-order valence-electron chi connectivity index (χ3n) is 4.11. The van der Waals surface area contributed by atoms with E-state index in [-0.39, 0.29) is 6.03 Å². The van der Waals surface area contributed by atoms with Gasteiger partial charge in [-0.1, -0.05) is 42.5 Å². The minimum Gasteiger partial charge on any atom is -0.334 e. The fourth-order valence-electron chi connectivity index (χ4n) is 2.60. The highest BCUT2D eigenvalue weighted by Gasteiger charge is 2.31. The van der Waals surface area contributed by atoms with Crippen LogP contribution in [0.2, 0.25) is 0 Å². The summed E-state index contributed by atoms with van der Waals surface area (Å²) >= 11 is 0. The summed E-state index contributed by atoms with van der Waals surface area (Å²) in [5.41, 5.74) is 2.18. The molecule has 126 valence electrons. The Morgan fingerprint density at radius 2 is 2.17 bits per heavy atom. The van der Waals surface area contributed by atoms with Crippen LogP contribution in [-0.2, 0) is 13.1 Å². The van der Waals surface area contributed by atoms with Crippen molar-refractivity contribution in [2.75, 3.05) is 6.54 Å². The molecule has 0 aliphatic heterocycles. The number of urea groups is 1. The minimum atomic E-state index is -0.000500. The third-order valence-corrected chi connectivity index (χ3v) is 4.11. The molecule has 1 aliphatic carbocycles. The number of carbonyl (C=O) groups is 1. The van der Waals surface area contributed by atoms with Gasteiger partial charge < -0.3 is 10.2 Å². The lowest BCUT2D eigenvalue weighted by Crippen LogP contribution is -2.41. The first-order valence-electron chi connectivity index (χ1n) is 8.53. The highest BCUT2D eigenvalue weighted by molar-refractivity contribution is 5.75. The van der Waals surface area contributed by atoms with Crippen molar-refractivity contribution in [3.8, 4) is 0 Å². The molecule has 24 heavy (non-hydrogen) atoms. The second kappa shape index (κ2) is 7.81. The molecule has 1 aromatic carbocycles. The number of hydrogen-bond donors (Lipinski definition) is 1. The third kappa shape index (κ3) is 4.47. The van der Waals surface area contributed by atoms with Crippen LogP contribution in [0.4, 0.5) is 4.79 Å². The minimum absolute atomic E-state index is 0.000500. The quantitative estimate of drug-likeness (QED) is 0.849. The average Bonchev–Trinajstić information content (AvgIpc) is 3.35. The standard InChI is InChI=1S/C19H24N4O/c1-2-22-15-17(14-21-22)13-20-19(24)23(18-10-11-18)12-6-9-16-7-4-3-5-8-16/h3-9,14-15,18H,2,10-13H2,1H3,(H,20,24)/b9-6+. The number of carbonyl (C=O) groups excluding carboxylic acids is 1. The fraction of sp³-hybridized carbons (Fsp3) is 0.368. The molecule has 2 amide bonds. The molecule has 5 nitrogen and oxygen atoms in total. The monoisotopic (exact) mass is 324 g/mol. The van der Waals surface area contributed by atoms with Gasteiger partial charge in [-0.3, -0.25) is 4.68 Å². The highest BCUT2D eigenvalue weighted by Crippen LogP contribution is 2.26. The Morgan fingerprint density at radius 1 is 1.38 bits per heavy atom. The van der Waals surface area contributed by atoms with E-state index in [2.05, 4.69) is 34.7 Å². The van der Waals surface area contributed by atoms with Gasteiger partial charge in [-0.05, 0) is 25.3 Å². The van der Waals surface area contributed by atoms with Crippen molar-refractivity contribution in [1.82, 2.24) is 20.0 Å². The number of aryl methyl sites for hydroxylation is 1. The Balaban J connectivity index is 1.52. The number of nitrogens with one attached hydrogen (secondary N) is 1. The zero-order chi connectivity index (χ0) is 16.8. The number of aromatic nitrogens is 2. The number of hydrogen-bond acceptors (Lipinski definition) is 2. The second-order valence-corrected chi connectivity index (χ2v) is 6.06. The summed E-state index contributed by atoms with van der Waals surface area (Å²) in [5.74, 6) is 0. The van der Waals surface area contributed by atoms with Crippen molar-refractivity contribution in [2.45, 2.75) is 38.9 Å². The van der Waals surface area contributed by atoms with Gasteiger partial charge in [0, 0.05) is 37.4 Å². The first kappa shape index (κ1) is 16.3. The Kier molecular flexibility index (Phi) is 5.31. The summed E-state index contributed by atoms with van der Waals surface area (Å²) in [4.78, 5) is 14.4. The van der Waals surface area contributed by atoms with E-state index in [1.807, 2.05) is 40.9 Å². The van der Waals surface area contributed by atoms with E-state index in [9.17, 15) is 4.79 Å². The smallest absolute Gasteiger partial charge is 0.318 e. The van der Waals surface area contributed by atoms with Crippen molar-refractivity contribution in [3.63, 3.8) is 0 Å². The van der Waals surface area contributed by atoms with Gasteiger partial charge in [-0.15, -0.1) is 0 Å². The van der Waals surface area contributed by atoms with Gasteiger partial charge in [0.05, 0.1) is 6.20 Å². The van der Waals surface area contributed by atoms with E-state index in [4.69, 9.17) is 0 Å². The predicted octanol–water partition coefficient (Wildman–Crippen LogP) is 3.29. The van der Waals surface area contributed by atoms with E-state index >= 15 is 0 Å². The first-order chi connectivity index (χ1) is 11.8. The molecule has 1 heterocycles. The van der Waals surface area contributed by atoms with Gasteiger partial charge in [-0.2, -0.15) is 5.10 Å². The van der Waals surface area contributed by atoms with Crippen LogP contribution in [0.15, 0.2) is 48.8 Å². The SMILES string of the molecule is CCn1cc(CNC(=O)N(C/C=C/c2ccccc2)C2CC2)cn1. The molecule has 0 spiro atoms. The van der Waals surface area contributed by atoms with Crippen molar-refractivity contribution in [1.29, 1.82) is 0 Å². The van der Waals surface area contributed by atoms with Crippen molar-refractivity contribution >= 4 is 12.1 Å². The molecule has 0 bridgehead atoms. The number of benzene rings is 1. The molecule has 5 heteroatoms. The molecule has 1 aliphatic rings. The van der Waals surface area contributed by atoms with Crippen LogP contribution in [-0.4, -0.2) is 33.3 Å². The Labute approximate surface area is 143 Å². The van der Waals surface area contributed by atoms with Crippen LogP contribution in [0.1, 0.15) is 30.9 Å². The lowest BCUT2D eigenvalue weighted by molar-refractivity contribution is 0.200. The van der Waals surface area contributed by atoms with E-state index in [1.165, 1.54) is 0 Å². The van der Waals surface area contributed by atoms with Crippen LogP contribution < -0.4 is 5.32 Å². The van der Waals surface area contributed by atoms with Gasteiger partial charge in [0.1, 0.15) is 0 Å². The maximum Gasteiger partial charge on any atom is 0.318 e. The molecule has 0 saturated heterocycles. The van der Waals surface area contributed by atoms with Gasteiger partial charge in [-0.25, -0.2) is 4.79 Å². The molecule has 0 atom stereocenters. The molecular weight excluding hydrogens is 300 g/mol. The van der Waals surface area contributed by atoms with E-state index in [1.54, 1.807) is 6.20 Å². The van der Waals surface area contributed by atoms with Crippen molar-refractivity contribution < 1.29 is 4.79 Å². The van der Waals surface area contributed by atoms with Crippen LogP contribution in [0, 0.1) is 0 Å². The van der Waals surface area contributed by atoms with Gasteiger partial charge in [0.25, 0.3) is 0 Å². The van der Waals surface area contributed by atoms with Crippen molar-refractivity contribution in [3.05, 3.63) is 59.9 Å². The molecular formula is C19H24N4O. The molecule has 1 fully saturated rings. The highest BCUT2D eigenvalue weighted by atomic mass is 16.2. The molecule has 1 saturated carbocycles. The summed E-state index contributed by atoms with van der Waals surface area (Å²) in [6.07, 6.45) is 10.1. The Bertz CT molecular complexity index is 688. The fourth-order valence-corrected chi connectivity index (χ4v) is 2.60. The summed E-state index contributed by atoms with van der Waals surface area (Å²) in [5, 5.41) is 7.23. The lowest BCUT2D eigenvalue weighted by atomic mass is 10.2. The topological polar surface area (TPSA) is 50.2 Å². The second-order valence-electron chi connectivity index (χ2n) is 6.06. The first-order valence-corrected chi connectivity index (χ1v) is 8.53. The molecule has 1 N–H and O–H groups in total. The van der Waals surface area contributed by atoms with Crippen LogP contribution in [0.3, 0.4) is 0 Å². The molecule has 3 rings (SSSR count). The van der Waals surface area contributed by atoms with E-state index in [0.717, 1.165) is 30.5 Å². The van der Waals surface area contributed by atoms with Gasteiger partial charge >= 0.3 is 6.03 Å². The van der Waals surface area contributed by atoms with Crippen LogP contribution in [0.5, 0.6) is 0 Å². The zero-order valence-electron chi connectivity index (χ0n) is 14.1. The van der Waals surface area contributed by atoms with Gasteiger partial charge in [0.2, 0.25) is 0 Å². The summed E-state index contributed by atoms with van der Waals surface area (Å²) < 4.78 is 1.86. The zero-order valence-corrected chi connectivity index (χ0v) is 14.1. The summed E-state index contributed by atoms with van der Waals surface area (Å²) in [7, 11) is 0. The maximum atomic E-state index is 12.5. The normalized spacial score (nSPS) is 14.0. The van der Waals surface area contributed by atoms with E-state index in [0.29, 0.717) is 19.1 Å². The lowest BCUT2D eigenvalue weighted by Gasteiger charge is -2.21. The maximum absolute atomic E-state index is 12.5.